The Morgan fingerprint density at radius 1 is 1.18 bits per heavy atom. The van der Waals surface area contributed by atoms with Gasteiger partial charge in [-0.05, 0) is 50.2 Å². The van der Waals surface area contributed by atoms with E-state index in [4.69, 9.17) is 4.98 Å². The van der Waals surface area contributed by atoms with Gasteiger partial charge in [-0.3, -0.25) is 0 Å². The molecule has 2 aliphatic rings. The highest BCUT2D eigenvalue weighted by atomic mass is 15.1. The van der Waals surface area contributed by atoms with Crippen LogP contribution in [0, 0.1) is 18.8 Å². The molecule has 2 bridgehead atoms. The van der Waals surface area contributed by atoms with Crippen molar-refractivity contribution in [2.24, 2.45) is 11.8 Å². The van der Waals surface area contributed by atoms with E-state index in [1.165, 1.54) is 37.0 Å². The second kappa shape index (κ2) is 3.34. The Balaban J connectivity index is 1.87. The van der Waals surface area contributed by atoms with Crippen LogP contribution in [0.15, 0.2) is 24.3 Å². The van der Waals surface area contributed by atoms with Gasteiger partial charge in [0.05, 0.1) is 11.0 Å². The molecule has 2 aromatic rings. The normalized spacial score (nSPS) is 31.5. The van der Waals surface area contributed by atoms with Crippen molar-refractivity contribution < 1.29 is 0 Å². The zero-order valence-electron chi connectivity index (χ0n) is 10.3. The maximum Gasteiger partial charge on any atom is 0.106 e. The van der Waals surface area contributed by atoms with E-state index in [-0.39, 0.29) is 0 Å². The topological polar surface area (TPSA) is 17.8 Å². The van der Waals surface area contributed by atoms with Gasteiger partial charge in [-0.2, -0.15) is 0 Å². The Kier molecular flexibility index (Phi) is 1.91. The molecule has 2 aliphatic carbocycles. The quantitative estimate of drug-likeness (QED) is 0.725. The number of imidazole rings is 1. The minimum absolute atomic E-state index is 0.723. The fraction of sp³-hybridized carbons (Fsp3) is 0.533. The molecule has 2 nitrogen and oxygen atoms in total. The maximum absolute atomic E-state index is 4.70. The summed E-state index contributed by atoms with van der Waals surface area (Å²) in [6.45, 7) is 2.16. The van der Waals surface area contributed by atoms with Crippen LogP contribution < -0.4 is 0 Å². The molecule has 17 heavy (non-hydrogen) atoms. The van der Waals surface area contributed by atoms with Crippen LogP contribution in [0.1, 0.15) is 37.5 Å². The summed E-state index contributed by atoms with van der Waals surface area (Å²) >= 11 is 0. The summed E-state index contributed by atoms with van der Waals surface area (Å²) in [6, 6.07) is 9.29. The van der Waals surface area contributed by atoms with Gasteiger partial charge in [0.2, 0.25) is 0 Å². The lowest BCUT2D eigenvalue weighted by atomic mass is 9.95. The molecule has 1 heterocycles. The van der Waals surface area contributed by atoms with Gasteiger partial charge >= 0.3 is 0 Å². The van der Waals surface area contributed by atoms with Gasteiger partial charge in [0.1, 0.15) is 5.82 Å². The summed E-state index contributed by atoms with van der Waals surface area (Å²) in [4.78, 5) is 4.70. The maximum atomic E-state index is 4.70. The fourth-order valence-corrected chi connectivity index (χ4v) is 4.11. The molecule has 0 N–H and O–H groups in total. The third-order valence-corrected chi connectivity index (χ3v) is 4.80. The zero-order valence-corrected chi connectivity index (χ0v) is 10.3. The third kappa shape index (κ3) is 1.30. The number of nitrogens with zero attached hydrogens (tertiary/aromatic N) is 2. The van der Waals surface area contributed by atoms with Gasteiger partial charge in [-0.15, -0.1) is 0 Å². The van der Waals surface area contributed by atoms with Crippen LogP contribution in [0.3, 0.4) is 0 Å². The van der Waals surface area contributed by atoms with Crippen molar-refractivity contribution >= 4 is 11.0 Å². The summed E-state index contributed by atoms with van der Waals surface area (Å²) in [5.41, 5.74) is 2.50. The van der Waals surface area contributed by atoms with Gasteiger partial charge in [0.25, 0.3) is 0 Å². The zero-order chi connectivity index (χ0) is 11.4. The predicted octanol–water partition coefficient (Wildman–Crippen LogP) is 3.71. The van der Waals surface area contributed by atoms with Gasteiger partial charge in [-0.25, -0.2) is 4.98 Å². The first-order valence-electron chi connectivity index (χ1n) is 6.76. The smallest absolute Gasteiger partial charge is 0.106 e. The van der Waals surface area contributed by atoms with Crippen LogP contribution in [0.5, 0.6) is 0 Å². The first-order valence-corrected chi connectivity index (χ1v) is 6.76. The van der Waals surface area contributed by atoms with Crippen LogP contribution in [0.4, 0.5) is 0 Å². The highest BCUT2D eigenvalue weighted by Gasteiger charge is 2.41. The van der Waals surface area contributed by atoms with Gasteiger partial charge in [-0.1, -0.05) is 18.6 Å². The van der Waals surface area contributed by atoms with E-state index in [9.17, 15) is 0 Å². The van der Waals surface area contributed by atoms with E-state index in [0.29, 0.717) is 0 Å². The predicted molar refractivity (Wildman–Crippen MR) is 69.0 cm³/mol. The second-order valence-corrected chi connectivity index (χ2v) is 5.76. The fourth-order valence-electron chi connectivity index (χ4n) is 4.11. The molecule has 3 unspecified atom stereocenters. The average molecular weight is 226 g/mol. The first-order chi connectivity index (χ1) is 8.33. The van der Waals surface area contributed by atoms with Crippen LogP contribution in [-0.4, -0.2) is 9.55 Å². The first kappa shape index (κ1) is 9.69. The summed E-state index contributed by atoms with van der Waals surface area (Å²) in [6.07, 6.45) is 5.73. The molecule has 0 spiro atoms. The molecule has 2 fully saturated rings. The van der Waals surface area contributed by atoms with Crippen LogP contribution in [0.25, 0.3) is 11.0 Å². The van der Waals surface area contributed by atoms with Gasteiger partial charge in [0.15, 0.2) is 0 Å². The Bertz CT molecular complexity index is 569. The number of benzene rings is 1. The summed E-state index contributed by atoms with van der Waals surface area (Å²) < 4.78 is 2.51. The van der Waals surface area contributed by atoms with E-state index in [1.807, 2.05) is 0 Å². The second-order valence-electron chi connectivity index (χ2n) is 5.76. The molecule has 3 atom stereocenters. The average Bonchev–Trinajstić information content (AvgIpc) is 2.99. The van der Waals surface area contributed by atoms with Gasteiger partial charge < -0.3 is 4.57 Å². The molecule has 0 radical (unpaired) electrons. The summed E-state index contributed by atoms with van der Waals surface area (Å²) in [5.74, 6) is 3.10. The molecule has 88 valence electrons. The van der Waals surface area contributed by atoms with Crippen molar-refractivity contribution in [2.75, 3.05) is 0 Å². The SMILES string of the molecule is Cc1nc2ccccc2n1C1CC2CCC1C2. The molecule has 4 rings (SSSR count). The Morgan fingerprint density at radius 2 is 2.06 bits per heavy atom. The number of aryl methyl sites for hydroxylation is 1. The van der Waals surface area contributed by atoms with Gasteiger partial charge in [0, 0.05) is 6.04 Å². The Labute approximate surface area is 102 Å². The number of hydrogen-bond donors (Lipinski definition) is 0. The third-order valence-electron chi connectivity index (χ3n) is 4.80. The van der Waals surface area contributed by atoms with Crippen LogP contribution in [0.2, 0.25) is 0 Å². The number of rotatable bonds is 1. The van der Waals surface area contributed by atoms with Crippen LogP contribution in [-0.2, 0) is 0 Å². The molecule has 1 aromatic heterocycles. The van der Waals surface area contributed by atoms with E-state index < -0.39 is 0 Å². The molecule has 1 aromatic carbocycles. The molecule has 0 amide bonds. The lowest BCUT2D eigenvalue weighted by Gasteiger charge is -2.25. The highest BCUT2D eigenvalue weighted by molar-refractivity contribution is 5.76. The van der Waals surface area contributed by atoms with Crippen molar-refractivity contribution in [3.8, 4) is 0 Å². The molecular weight excluding hydrogens is 208 g/mol. The Morgan fingerprint density at radius 3 is 2.82 bits per heavy atom. The summed E-state index contributed by atoms with van der Waals surface area (Å²) in [5, 5.41) is 0. The number of hydrogen-bond acceptors (Lipinski definition) is 1. The number of aromatic nitrogens is 2. The molecule has 2 saturated carbocycles. The van der Waals surface area contributed by atoms with Crippen molar-refractivity contribution in [2.45, 2.75) is 38.6 Å². The molecule has 2 heteroatoms. The van der Waals surface area contributed by atoms with E-state index in [0.717, 1.165) is 23.4 Å². The molecule has 0 saturated heterocycles. The monoisotopic (exact) mass is 226 g/mol. The lowest BCUT2D eigenvalue weighted by molar-refractivity contribution is 0.331. The summed E-state index contributed by atoms with van der Waals surface area (Å²) in [7, 11) is 0. The van der Waals surface area contributed by atoms with E-state index >= 15 is 0 Å². The Hall–Kier alpha value is -1.31. The number of para-hydroxylation sites is 2. The van der Waals surface area contributed by atoms with Crippen molar-refractivity contribution in [3.05, 3.63) is 30.1 Å². The van der Waals surface area contributed by atoms with Crippen molar-refractivity contribution in [3.63, 3.8) is 0 Å². The minimum Gasteiger partial charge on any atom is -0.325 e. The minimum atomic E-state index is 0.723. The largest absolute Gasteiger partial charge is 0.325 e. The lowest BCUT2D eigenvalue weighted by Crippen LogP contribution is -2.17. The molecular formula is C15H18N2. The van der Waals surface area contributed by atoms with Crippen LogP contribution >= 0.6 is 0 Å². The van der Waals surface area contributed by atoms with Crippen molar-refractivity contribution in [1.82, 2.24) is 9.55 Å². The standard InChI is InChI=1S/C15H18N2/c1-10-16-13-4-2-3-5-14(13)17(10)15-9-11-6-7-12(15)8-11/h2-5,11-12,15H,6-9H2,1H3. The van der Waals surface area contributed by atoms with E-state index in [1.54, 1.807) is 0 Å². The van der Waals surface area contributed by atoms with E-state index in [2.05, 4.69) is 35.8 Å². The highest BCUT2D eigenvalue weighted by Crippen LogP contribution is 2.51. The number of fused-ring (bicyclic) bond motifs is 3. The molecule has 0 aliphatic heterocycles. The van der Waals surface area contributed by atoms with Crippen molar-refractivity contribution in [1.29, 1.82) is 0 Å².